The number of hydrogen-bond donors (Lipinski definition) is 1. The molecule has 4 aromatic rings. The molecule has 0 atom stereocenters. The number of nitrogens with zero attached hydrogens (tertiary/aromatic N) is 2. The molecule has 0 saturated heterocycles. The molecule has 7 heteroatoms. The minimum atomic E-state index is -0.0290. The Hall–Kier alpha value is -2.41. The van der Waals surface area contributed by atoms with Gasteiger partial charge in [0.25, 0.3) is 5.91 Å². The van der Waals surface area contributed by atoms with Crippen molar-refractivity contribution in [3.63, 3.8) is 0 Å². The van der Waals surface area contributed by atoms with Crippen LogP contribution in [0.4, 0.5) is 0 Å². The second-order valence-electron chi connectivity index (χ2n) is 7.32. The van der Waals surface area contributed by atoms with Crippen molar-refractivity contribution in [2.24, 2.45) is 0 Å². The third-order valence-corrected chi connectivity index (χ3v) is 7.26. The second kappa shape index (κ2) is 9.81. The summed E-state index contributed by atoms with van der Waals surface area (Å²) >= 11 is 9.66. The maximum Gasteiger partial charge on any atom is 0.253 e. The first-order valence-corrected chi connectivity index (χ1v) is 12.4. The van der Waals surface area contributed by atoms with E-state index in [1.807, 2.05) is 42.6 Å². The summed E-state index contributed by atoms with van der Waals surface area (Å²) in [6, 6.07) is 13.9. The maximum atomic E-state index is 12.9. The summed E-state index contributed by atoms with van der Waals surface area (Å²) in [6.45, 7) is 5.52. The highest BCUT2D eigenvalue weighted by Crippen LogP contribution is 2.35. The Morgan fingerprint density at radius 3 is 2.77 bits per heavy atom. The van der Waals surface area contributed by atoms with Crippen molar-refractivity contribution in [2.75, 3.05) is 6.54 Å². The zero-order valence-corrected chi connectivity index (χ0v) is 19.9. The topological polar surface area (TPSA) is 46.9 Å². The third kappa shape index (κ3) is 4.76. The van der Waals surface area contributed by atoms with Gasteiger partial charge < -0.3 is 9.88 Å². The van der Waals surface area contributed by atoms with Gasteiger partial charge in [-0.1, -0.05) is 49.2 Å². The van der Waals surface area contributed by atoms with Crippen molar-refractivity contribution in [1.82, 2.24) is 14.9 Å². The number of thiophene rings is 1. The SMILES string of the molecule is CCCCNC(=O)c1cc(-c2csc(-c3ccccc3Cl)n2)n(Cc2cccs2)c1C. The summed E-state index contributed by atoms with van der Waals surface area (Å²) in [6.07, 6.45) is 2.02. The van der Waals surface area contributed by atoms with E-state index in [0.717, 1.165) is 40.5 Å². The normalized spacial score (nSPS) is 11.1. The Balaban J connectivity index is 1.73. The molecule has 0 unspecified atom stereocenters. The van der Waals surface area contributed by atoms with Crippen LogP contribution in [0.2, 0.25) is 5.02 Å². The van der Waals surface area contributed by atoms with Crippen molar-refractivity contribution < 1.29 is 4.79 Å². The summed E-state index contributed by atoms with van der Waals surface area (Å²) in [5, 5.41) is 8.71. The largest absolute Gasteiger partial charge is 0.352 e. The van der Waals surface area contributed by atoms with E-state index < -0.39 is 0 Å². The lowest BCUT2D eigenvalue weighted by Crippen LogP contribution is -2.24. The van der Waals surface area contributed by atoms with E-state index in [0.29, 0.717) is 23.7 Å². The van der Waals surface area contributed by atoms with Gasteiger partial charge in [0.1, 0.15) is 5.01 Å². The van der Waals surface area contributed by atoms with Crippen LogP contribution in [-0.2, 0) is 6.54 Å². The summed E-state index contributed by atoms with van der Waals surface area (Å²) in [5.41, 5.74) is 4.37. The van der Waals surface area contributed by atoms with Crippen LogP contribution in [0.15, 0.2) is 53.2 Å². The number of hydrogen-bond acceptors (Lipinski definition) is 4. The molecule has 4 nitrogen and oxygen atoms in total. The molecule has 0 radical (unpaired) electrons. The van der Waals surface area contributed by atoms with E-state index in [1.54, 1.807) is 22.7 Å². The Morgan fingerprint density at radius 2 is 2.03 bits per heavy atom. The van der Waals surface area contributed by atoms with Gasteiger partial charge in [-0.15, -0.1) is 22.7 Å². The molecule has 3 aromatic heterocycles. The highest BCUT2D eigenvalue weighted by molar-refractivity contribution is 7.13. The van der Waals surface area contributed by atoms with Gasteiger partial charge in [0.15, 0.2) is 0 Å². The standard InChI is InChI=1S/C24H24ClN3OS2/c1-3-4-11-26-23(29)19-13-22(28(16(19)2)14-17-8-7-12-30-17)21-15-31-24(27-21)18-9-5-6-10-20(18)25/h5-10,12-13,15H,3-4,11,14H2,1-2H3,(H,26,29). The van der Waals surface area contributed by atoms with Crippen molar-refractivity contribution in [1.29, 1.82) is 0 Å². The van der Waals surface area contributed by atoms with Crippen molar-refractivity contribution in [3.8, 4) is 22.0 Å². The second-order valence-corrected chi connectivity index (χ2v) is 9.62. The highest BCUT2D eigenvalue weighted by Gasteiger charge is 2.21. The molecule has 1 aromatic carbocycles. The minimum absolute atomic E-state index is 0.0290. The van der Waals surface area contributed by atoms with E-state index in [2.05, 4.69) is 34.3 Å². The molecule has 160 valence electrons. The summed E-state index contributed by atoms with van der Waals surface area (Å²) in [7, 11) is 0. The number of carbonyl (C=O) groups is 1. The van der Waals surface area contributed by atoms with Gasteiger partial charge in [-0.25, -0.2) is 4.98 Å². The number of unbranched alkanes of at least 4 members (excludes halogenated alkanes) is 1. The first kappa shape index (κ1) is 21.8. The van der Waals surface area contributed by atoms with Crippen molar-refractivity contribution in [3.05, 3.63) is 74.4 Å². The molecule has 4 rings (SSSR count). The smallest absolute Gasteiger partial charge is 0.253 e. The van der Waals surface area contributed by atoms with E-state index >= 15 is 0 Å². The molecule has 0 fully saturated rings. The van der Waals surface area contributed by atoms with Crippen LogP contribution < -0.4 is 5.32 Å². The van der Waals surface area contributed by atoms with Gasteiger partial charge >= 0.3 is 0 Å². The fraction of sp³-hybridized carbons (Fsp3) is 0.250. The number of thiazole rings is 1. The van der Waals surface area contributed by atoms with Gasteiger partial charge in [0.2, 0.25) is 0 Å². The molecule has 0 aliphatic heterocycles. The Bertz CT molecular complexity index is 1180. The van der Waals surface area contributed by atoms with Crippen molar-refractivity contribution in [2.45, 2.75) is 33.2 Å². The maximum absolute atomic E-state index is 12.9. The lowest BCUT2D eigenvalue weighted by Gasteiger charge is -2.10. The number of rotatable bonds is 8. The highest BCUT2D eigenvalue weighted by atomic mass is 35.5. The van der Waals surface area contributed by atoms with Gasteiger partial charge in [-0.2, -0.15) is 0 Å². The van der Waals surface area contributed by atoms with Crippen LogP contribution in [0.3, 0.4) is 0 Å². The fourth-order valence-electron chi connectivity index (χ4n) is 3.47. The molecule has 0 aliphatic rings. The molecule has 1 N–H and O–H groups in total. The average Bonchev–Trinajstić information content (AvgIpc) is 3.51. The zero-order chi connectivity index (χ0) is 21.8. The Morgan fingerprint density at radius 1 is 1.19 bits per heavy atom. The van der Waals surface area contributed by atoms with E-state index in [4.69, 9.17) is 16.6 Å². The summed E-state index contributed by atoms with van der Waals surface area (Å²) in [5.74, 6) is -0.0290. The van der Waals surface area contributed by atoms with Crippen molar-refractivity contribution >= 4 is 40.2 Å². The number of amides is 1. The predicted molar refractivity (Wildman–Crippen MR) is 131 cm³/mol. The predicted octanol–water partition coefficient (Wildman–Crippen LogP) is 6.88. The number of nitrogens with one attached hydrogen (secondary N) is 1. The number of halogens is 1. The molecule has 0 bridgehead atoms. The summed E-state index contributed by atoms with van der Waals surface area (Å²) in [4.78, 5) is 19.0. The van der Waals surface area contributed by atoms with Gasteiger partial charge in [0, 0.05) is 28.1 Å². The zero-order valence-electron chi connectivity index (χ0n) is 17.5. The lowest BCUT2D eigenvalue weighted by molar-refractivity contribution is 0.0952. The van der Waals surface area contributed by atoms with Crippen LogP contribution in [0, 0.1) is 6.92 Å². The number of benzene rings is 1. The minimum Gasteiger partial charge on any atom is -0.352 e. The lowest BCUT2D eigenvalue weighted by atomic mass is 10.2. The molecule has 0 spiro atoms. The monoisotopic (exact) mass is 469 g/mol. The van der Waals surface area contributed by atoms with E-state index in [1.165, 1.54) is 4.88 Å². The molecular weight excluding hydrogens is 446 g/mol. The third-order valence-electron chi connectivity index (χ3n) is 5.19. The average molecular weight is 470 g/mol. The first-order chi connectivity index (χ1) is 15.1. The van der Waals surface area contributed by atoms with E-state index in [9.17, 15) is 4.79 Å². The van der Waals surface area contributed by atoms with Gasteiger partial charge in [0.05, 0.1) is 28.5 Å². The molecule has 1 amide bonds. The van der Waals surface area contributed by atoms with E-state index in [-0.39, 0.29) is 5.91 Å². The fourth-order valence-corrected chi connectivity index (χ4v) is 5.30. The molecular formula is C24H24ClN3OS2. The van der Waals surface area contributed by atoms with Crippen LogP contribution >= 0.6 is 34.3 Å². The quantitative estimate of drug-likeness (QED) is 0.286. The molecule has 3 heterocycles. The van der Waals surface area contributed by atoms with Crippen LogP contribution in [0.25, 0.3) is 22.0 Å². The van der Waals surface area contributed by atoms with Gasteiger partial charge in [-0.05, 0) is 36.9 Å². The molecule has 31 heavy (non-hydrogen) atoms. The van der Waals surface area contributed by atoms with Gasteiger partial charge in [-0.3, -0.25) is 4.79 Å². The Labute approximate surface area is 195 Å². The van der Waals surface area contributed by atoms with Crippen LogP contribution in [-0.4, -0.2) is 22.0 Å². The molecule has 0 aliphatic carbocycles. The Kier molecular flexibility index (Phi) is 6.90. The number of aromatic nitrogens is 2. The molecule has 0 saturated carbocycles. The summed E-state index contributed by atoms with van der Waals surface area (Å²) < 4.78 is 2.19. The first-order valence-electron chi connectivity index (χ1n) is 10.3. The number of carbonyl (C=O) groups excluding carboxylic acids is 1. The van der Waals surface area contributed by atoms with Crippen LogP contribution in [0.1, 0.15) is 40.7 Å². The van der Waals surface area contributed by atoms with Crippen LogP contribution in [0.5, 0.6) is 0 Å².